The normalized spacial score (nSPS) is 20.8. The Morgan fingerprint density at radius 2 is 2.00 bits per heavy atom. The van der Waals surface area contributed by atoms with Crippen molar-refractivity contribution in [2.24, 2.45) is 0 Å². The lowest BCUT2D eigenvalue weighted by molar-refractivity contribution is 0.140. The number of pyridine rings is 1. The van der Waals surface area contributed by atoms with Crippen molar-refractivity contribution in [2.75, 3.05) is 0 Å². The van der Waals surface area contributed by atoms with Crippen LogP contribution in [0.1, 0.15) is 39.5 Å². The molecular formula is C19H25N3O2. The number of aromatic nitrogens is 1. The Morgan fingerprint density at radius 3 is 2.75 bits per heavy atom. The van der Waals surface area contributed by atoms with E-state index in [4.69, 9.17) is 4.74 Å². The lowest BCUT2D eigenvalue weighted by Crippen LogP contribution is -2.46. The highest BCUT2D eigenvalue weighted by molar-refractivity contribution is 5.79. The Kier molecular flexibility index (Phi) is 5.18. The van der Waals surface area contributed by atoms with Gasteiger partial charge in [0, 0.05) is 23.7 Å². The summed E-state index contributed by atoms with van der Waals surface area (Å²) in [5, 5.41) is 7.01. The van der Waals surface area contributed by atoms with Gasteiger partial charge in [0.2, 0.25) is 0 Å². The zero-order chi connectivity index (χ0) is 16.9. The molecule has 0 aliphatic heterocycles. The maximum Gasteiger partial charge on any atom is 0.315 e. The Bertz CT molecular complexity index is 694. The molecule has 2 amide bonds. The number of hydrogen-bond donors (Lipinski definition) is 2. The van der Waals surface area contributed by atoms with Crippen LogP contribution < -0.4 is 15.4 Å². The summed E-state index contributed by atoms with van der Waals surface area (Å²) in [6.45, 7) is 3.92. The van der Waals surface area contributed by atoms with E-state index in [9.17, 15) is 4.79 Å². The van der Waals surface area contributed by atoms with Crippen LogP contribution in [-0.2, 0) is 0 Å². The lowest BCUT2D eigenvalue weighted by Gasteiger charge is -2.29. The quantitative estimate of drug-likeness (QED) is 0.901. The third-order valence-corrected chi connectivity index (χ3v) is 4.31. The molecule has 1 heterocycles. The summed E-state index contributed by atoms with van der Waals surface area (Å²) in [6.07, 6.45) is 5.82. The van der Waals surface area contributed by atoms with Crippen molar-refractivity contribution < 1.29 is 9.53 Å². The third-order valence-electron chi connectivity index (χ3n) is 4.31. The van der Waals surface area contributed by atoms with E-state index in [1.165, 1.54) is 0 Å². The number of ether oxygens (including phenoxy) is 1. The average molecular weight is 327 g/mol. The fourth-order valence-electron chi connectivity index (χ4n) is 3.13. The van der Waals surface area contributed by atoms with Crippen molar-refractivity contribution in [1.82, 2.24) is 15.6 Å². The van der Waals surface area contributed by atoms with Crippen LogP contribution in [0.3, 0.4) is 0 Å². The Labute approximate surface area is 142 Å². The zero-order valence-electron chi connectivity index (χ0n) is 14.3. The van der Waals surface area contributed by atoms with Crippen molar-refractivity contribution in [1.29, 1.82) is 0 Å². The minimum Gasteiger partial charge on any atom is -0.490 e. The van der Waals surface area contributed by atoms with Crippen LogP contribution in [0.4, 0.5) is 4.79 Å². The standard InChI is InChI=1S/C19H25N3O2/c1-13(2)21-19(23)22-15-5-7-16(8-6-15)24-17-9-10-18-14(12-17)4-3-11-20-18/h3-4,9-13,15-16H,5-8H2,1-2H3,(H2,21,22,23). The first-order valence-electron chi connectivity index (χ1n) is 8.68. The van der Waals surface area contributed by atoms with E-state index in [1.54, 1.807) is 6.20 Å². The molecule has 1 aromatic heterocycles. The van der Waals surface area contributed by atoms with Crippen molar-refractivity contribution in [2.45, 2.75) is 57.7 Å². The number of hydrogen-bond acceptors (Lipinski definition) is 3. The number of nitrogens with zero attached hydrogens (tertiary/aromatic N) is 1. The first-order valence-corrected chi connectivity index (χ1v) is 8.68. The molecule has 1 aliphatic carbocycles. The highest BCUT2D eigenvalue weighted by atomic mass is 16.5. The van der Waals surface area contributed by atoms with Gasteiger partial charge in [0.15, 0.2) is 0 Å². The number of carbonyl (C=O) groups is 1. The van der Waals surface area contributed by atoms with Gasteiger partial charge in [-0.1, -0.05) is 6.07 Å². The molecule has 2 aromatic rings. The summed E-state index contributed by atoms with van der Waals surface area (Å²) >= 11 is 0. The number of nitrogens with one attached hydrogen (secondary N) is 2. The lowest BCUT2D eigenvalue weighted by atomic mass is 9.93. The second-order valence-electron chi connectivity index (χ2n) is 6.72. The van der Waals surface area contributed by atoms with Crippen molar-refractivity contribution in [3.63, 3.8) is 0 Å². The second-order valence-corrected chi connectivity index (χ2v) is 6.72. The fourth-order valence-corrected chi connectivity index (χ4v) is 3.13. The fraction of sp³-hybridized carbons (Fsp3) is 0.474. The topological polar surface area (TPSA) is 63.2 Å². The SMILES string of the molecule is CC(C)NC(=O)NC1CCC(Oc2ccc3ncccc3c2)CC1. The van der Waals surface area contributed by atoms with E-state index in [1.807, 2.05) is 44.2 Å². The predicted octanol–water partition coefficient (Wildman–Crippen LogP) is 3.63. The summed E-state index contributed by atoms with van der Waals surface area (Å²) in [5.41, 5.74) is 0.980. The van der Waals surface area contributed by atoms with Crippen LogP contribution in [0.2, 0.25) is 0 Å². The molecule has 1 fully saturated rings. The van der Waals surface area contributed by atoms with E-state index in [0.717, 1.165) is 42.3 Å². The van der Waals surface area contributed by atoms with E-state index < -0.39 is 0 Å². The van der Waals surface area contributed by atoms with Gasteiger partial charge in [0.05, 0.1) is 11.6 Å². The number of benzene rings is 1. The molecule has 0 atom stereocenters. The predicted molar refractivity (Wildman–Crippen MR) is 95.2 cm³/mol. The van der Waals surface area contributed by atoms with Crippen LogP contribution in [0.25, 0.3) is 10.9 Å². The number of rotatable bonds is 4. The molecule has 0 saturated heterocycles. The van der Waals surface area contributed by atoms with Crippen LogP contribution in [0, 0.1) is 0 Å². The van der Waals surface area contributed by atoms with Crippen LogP contribution >= 0.6 is 0 Å². The maximum absolute atomic E-state index is 11.8. The Hall–Kier alpha value is -2.30. The van der Waals surface area contributed by atoms with Gasteiger partial charge >= 0.3 is 6.03 Å². The molecular weight excluding hydrogens is 302 g/mol. The molecule has 3 rings (SSSR count). The van der Waals surface area contributed by atoms with Gasteiger partial charge in [-0.15, -0.1) is 0 Å². The maximum atomic E-state index is 11.8. The van der Waals surface area contributed by atoms with Crippen LogP contribution in [0.15, 0.2) is 36.5 Å². The number of amides is 2. The van der Waals surface area contributed by atoms with E-state index >= 15 is 0 Å². The summed E-state index contributed by atoms with van der Waals surface area (Å²) in [6, 6.07) is 10.3. The summed E-state index contributed by atoms with van der Waals surface area (Å²) in [7, 11) is 0. The number of carbonyl (C=O) groups excluding carboxylic acids is 1. The van der Waals surface area contributed by atoms with E-state index in [-0.39, 0.29) is 24.2 Å². The molecule has 5 heteroatoms. The summed E-state index contributed by atoms with van der Waals surface area (Å²) in [5.74, 6) is 0.893. The van der Waals surface area contributed by atoms with Crippen molar-refractivity contribution >= 4 is 16.9 Å². The highest BCUT2D eigenvalue weighted by Gasteiger charge is 2.23. The molecule has 1 aliphatic rings. The molecule has 0 spiro atoms. The third kappa shape index (κ3) is 4.37. The van der Waals surface area contributed by atoms with Gasteiger partial charge in [-0.3, -0.25) is 4.98 Å². The molecule has 0 bridgehead atoms. The first kappa shape index (κ1) is 16.6. The van der Waals surface area contributed by atoms with E-state index in [0.29, 0.717) is 0 Å². The monoisotopic (exact) mass is 327 g/mol. The molecule has 2 N–H and O–H groups in total. The van der Waals surface area contributed by atoms with Crippen molar-refractivity contribution in [3.8, 4) is 5.75 Å². The molecule has 1 saturated carbocycles. The Balaban J connectivity index is 1.50. The van der Waals surface area contributed by atoms with Gasteiger partial charge < -0.3 is 15.4 Å². The molecule has 1 aromatic carbocycles. The second kappa shape index (κ2) is 7.51. The van der Waals surface area contributed by atoms with Gasteiger partial charge in [-0.2, -0.15) is 0 Å². The minimum absolute atomic E-state index is 0.0728. The van der Waals surface area contributed by atoms with Gasteiger partial charge in [0.25, 0.3) is 0 Å². The molecule has 0 radical (unpaired) electrons. The first-order chi connectivity index (χ1) is 11.6. The highest BCUT2D eigenvalue weighted by Crippen LogP contribution is 2.26. The summed E-state index contributed by atoms with van der Waals surface area (Å²) < 4.78 is 6.13. The number of urea groups is 1. The van der Waals surface area contributed by atoms with Gasteiger partial charge in [0.1, 0.15) is 5.75 Å². The zero-order valence-corrected chi connectivity index (χ0v) is 14.3. The average Bonchev–Trinajstić information content (AvgIpc) is 2.56. The van der Waals surface area contributed by atoms with Gasteiger partial charge in [-0.05, 0) is 63.8 Å². The summed E-state index contributed by atoms with van der Waals surface area (Å²) in [4.78, 5) is 16.1. The molecule has 0 unspecified atom stereocenters. The van der Waals surface area contributed by atoms with Crippen molar-refractivity contribution in [3.05, 3.63) is 36.5 Å². The number of fused-ring (bicyclic) bond motifs is 1. The van der Waals surface area contributed by atoms with Crippen LogP contribution in [-0.4, -0.2) is 29.2 Å². The molecule has 5 nitrogen and oxygen atoms in total. The van der Waals surface area contributed by atoms with Gasteiger partial charge in [-0.25, -0.2) is 4.79 Å². The Morgan fingerprint density at radius 1 is 1.21 bits per heavy atom. The molecule has 128 valence electrons. The molecule has 24 heavy (non-hydrogen) atoms. The largest absolute Gasteiger partial charge is 0.490 e. The smallest absolute Gasteiger partial charge is 0.315 e. The minimum atomic E-state index is -0.0728. The van der Waals surface area contributed by atoms with Crippen LogP contribution in [0.5, 0.6) is 5.75 Å². The van der Waals surface area contributed by atoms with E-state index in [2.05, 4.69) is 15.6 Å².